The van der Waals surface area contributed by atoms with Gasteiger partial charge in [0, 0.05) is 19.1 Å². The van der Waals surface area contributed by atoms with Crippen molar-refractivity contribution in [3.05, 3.63) is 30.3 Å². The second kappa shape index (κ2) is 8.41. The highest BCUT2D eigenvalue weighted by atomic mass is 35.5. The lowest BCUT2D eigenvalue weighted by molar-refractivity contribution is 0.546. The lowest BCUT2D eigenvalue weighted by atomic mass is 10.2. The van der Waals surface area contributed by atoms with E-state index in [-0.39, 0.29) is 42.2 Å². The van der Waals surface area contributed by atoms with E-state index in [1.807, 2.05) is 0 Å². The molecule has 10 heteroatoms. The zero-order chi connectivity index (χ0) is 16.2. The molecule has 4 N–H and O–H groups in total. The second-order valence-corrected chi connectivity index (χ2v) is 9.07. The van der Waals surface area contributed by atoms with E-state index in [4.69, 9.17) is 5.73 Å². The molecule has 0 radical (unpaired) electrons. The van der Waals surface area contributed by atoms with E-state index in [9.17, 15) is 16.8 Å². The number of nitrogens with two attached hydrogens (primary N) is 1. The Balaban J connectivity index is 0.00000264. The van der Waals surface area contributed by atoms with Crippen molar-refractivity contribution in [1.29, 1.82) is 0 Å². The van der Waals surface area contributed by atoms with Gasteiger partial charge in [0.15, 0.2) is 0 Å². The molecule has 1 aliphatic carbocycles. The Morgan fingerprint density at radius 3 is 2.26 bits per heavy atom. The molecule has 0 amide bonds. The van der Waals surface area contributed by atoms with Crippen molar-refractivity contribution in [2.45, 2.75) is 23.8 Å². The van der Waals surface area contributed by atoms with Gasteiger partial charge in [-0.2, -0.15) is 0 Å². The smallest absolute Gasteiger partial charge is 0.240 e. The van der Waals surface area contributed by atoms with E-state index in [1.165, 1.54) is 12.1 Å². The number of hydrogen-bond acceptors (Lipinski definition) is 5. The summed E-state index contributed by atoms with van der Waals surface area (Å²) in [5, 5.41) is 0. The summed E-state index contributed by atoms with van der Waals surface area (Å²) in [5.41, 5.74) is 5.82. The summed E-state index contributed by atoms with van der Waals surface area (Å²) in [7, 11) is -7.23. The van der Waals surface area contributed by atoms with E-state index in [1.54, 1.807) is 18.2 Å². The fourth-order valence-corrected chi connectivity index (χ4v) is 4.12. The zero-order valence-electron chi connectivity index (χ0n) is 12.5. The van der Waals surface area contributed by atoms with Gasteiger partial charge in [0.05, 0.1) is 10.6 Å². The molecule has 1 aromatic rings. The van der Waals surface area contributed by atoms with Gasteiger partial charge in [-0.15, -0.1) is 12.4 Å². The minimum atomic E-state index is -3.68. The third kappa shape index (κ3) is 6.74. The Labute approximate surface area is 143 Å². The predicted molar refractivity (Wildman–Crippen MR) is 91.4 cm³/mol. The van der Waals surface area contributed by atoms with Crippen LogP contribution < -0.4 is 15.2 Å². The number of hydrogen-bond donors (Lipinski definition) is 3. The van der Waals surface area contributed by atoms with Gasteiger partial charge in [0.2, 0.25) is 20.0 Å². The van der Waals surface area contributed by atoms with Crippen LogP contribution in [0.4, 0.5) is 0 Å². The van der Waals surface area contributed by atoms with Crippen LogP contribution in [-0.4, -0.2) is 41.7 Å². The number of nitrogens with one attached hydrogen (secondary N) is 2. The van der Waals surface area contributed by atoms with Crippen LogP contribution >= 0.6 is 12.4 Å². The van der Waals surface area contributed by atoms with Crippen molar-refractivity contribution in [2.24, 2.45) is 11.7 Å². The monoisotopic (exact) mass is 383 g/mol. The van der Waals surface area contributed by atoms with Crippen molar-refractivity contribution < 1.29 is 16.8 Å². The summed E-state index contributed by atoms with van der Waals surface area (Å²) in [5.74, 6) is 0.0791. The Bertz CT molecular complexity index is 691. The molecule has 1 unspecified atom stereocenters. The van der Waals surface area contributed by atoms with Crippen LogP contribution in [0.25, 0.3) is 0 Å². The van der Waals surface area contributed by atoms with Crippen LogP contribution in [0, 0.1) is 5.92 Å². The van der Waals surface area contributed by atoms with Crippen LogP contribution in [0.5, 0.6) is 0 Å². The van der Waals surface area contributed by atoms with Crippen molar-refractivity contribution in [2.75, 3.05) is 18.8 Å². The minimum Gasteiger partial charge on any atom is -0.326 e. The highest BCUT2D eigenvalue weighted by Crippen LogP contribution is 2.31. The first-order valence-electron chi connectivity index (χ1n) is 7.08. The summed E-state index contributed by atoms with van der Waals surface area (Å²) in [4.78, 5) is 0.108. The van der Waals surface area contributed by atoms with Crippen LogP contribution in [-0.2, 0) is 20.0 Å². The SMILES string of the molecule is Cl.NC(CNS(=O)(=O)CCNS(=O)(=O)c1ccccc1)C1CC1. The Hall–Kier alpha value is -0.710. The topological polar surface area (TPSA) is 118 Å². The first-order valence-corrected chi connectivity index (χ1v) is 10.2. The quantitative estimate of drug-likeness (QED) is 0.556. The lowest BCUT2D eigenvalue weighted by Crippen LogP contribution is -2.41. The summed E-state index contributed by atoms with van der Waals surface area (Å²) >= 11 is 0. The van der Waals surface area contributed by atoms with Gasteiger partial charge >= 0.3 is 0 Å². The number of sulfonamides is 2. The normalized spacial score (nSPS) is 16.6. The average Bonchev–Trinajstić information content (AvgIpc) is 3.30. The molecule has 1 saturated carbocycles. The Kier molecular flexibility index (Phi) is 7.43. The molecule has 1 atom stereocenters. The summed E-state index contributed by atoms with van der Waals surface area (Å²) in [6.07, 6.45) is 2.08. The Morgan fingerprint density at radius 2 is 1.70 bits per heavy atom. The van der Waals surface area contributed by atoms with Gasteiger partial charge in [0.25, 0.3) is 0 Å². The highest BCUT2D eigenvalue weighted by molar-refractivity contribution is 7.90. The van der Waals surface area contributed by atoms with Crippen molar-refractivity contribution in [3.8, 4) is 0 Å². The standard InChI is InChI=1S/C13H21N3O4S2.ClH/c14-13(11-6-7-11)10-16-21(17,18)9-8-15-22(19,20)12-4-2-1-3-5-12;/h1-5,11,13,15-16H,6-10,14H2;1H. The predicted octanol–water partition coefficient (Wildman–Crippen LogP) is 0.0434. The molecule has 0 saturated heterocycles. The Morgan fingerprint density at radius 1 is 1.09 bits per heavy atom. The third-order valence-electron chi connectivity index (χ3n) is 3.48. The molecule has 1 fully saturated rings. The molecule has 7 nitrogen and oxygen atoms in total. The summed E-state index contributed by atoms with van der Waals surface area (Å²) in [6, 6.07) is 7.64. The maximum absolute atomic E-state index is 11.9. The fraction of sp³-hybridized carbons (Fsp3) is 0.538. The first kappa shape index (κ1) is 20.3. The highest BCUT2D eigenvalue weighted by Gasteiger charge is 2.29. The zero-order valence-corrected chi connectivity index (χ0v) is 15.0. The second-order valence-electron chi connectivity index (χ2n) is 5.38. The van der Waals surface area contributed by atoms with E-state index in [2.05, 4.69) is 9.44 Å². The molecule has 23 heavy (non-hydrogen) atoms. The molecule has 0 spiro atoms. The molecular weight excluding hydrogens is 362 g/mol. The van der Waals surface area contributed by atoms with Gasteiger partial charge < -0.3 is 5.73 Å². The molecule has 1 aromatic carbocycles. The molecule has 0 aliphatic heterocycles. The third-order valence-corrected chi connectivity index (χ3v) is 6.31. The molecule has 0 bridgehead atoms. The van der Waals surface area contributed by atoms with E-state index >= 15 is 0 Å². The maximum Gasteiger partial charge on any atom is 0.240 e. The van der Waals surface area contributed by atoms with Crippen molar-refractivity contribution in [3.63, 3.8) is 0 Å². The molecule has 0 heterocycles. The van der Waals surface area contributed by atoms with E-state index in [0.717, 1.165) is 12.8 Å². The van der Waals surface area contributed by atoms with Crippen LogP contribution in [0.1, 0.15) is 12.8 Å². The van der Waals surface area contributed by atoms with Gasteiger partial charge in [0.1, 0.15) is 0 Å². The molecule has 2 rings (SSSR count). The van der Waals surface area contributed by atoms with Gasteiger partial charge in [-0.1, -0.05) is 18.2 Å². The summed E-state index contributed by atoms with van der Waals surface area (Å²) in [6.45, 7) is 0.00363. The largest absolute Gasteiger partial charge is 0.326 e. The maximum atomic E-state index is 11.9. The van der Waals surface area contributed by atoms with Crippen LogP contribution in [0.15, 0.2) is 35.2 Å². The average molecular weight is 384 g/mol. The van der Waals surface area contributed by atoms with E-state index < -0.39 is 20.0 Å². The molecule has 132 valence electrons. The van der Waals surface area contributed by atoms with E-state index in [0.29, 0.717) is 5.92 Å². The number of benzene rings is 1. The van der Waals surface area contributed by atoms with Gasteiger partial charge in [-0.3, -0.25) is 0 Å². The molecule has 0 aromatic heterocycles. The molecular formula is C13H22ClN3O4S2. The molecule has 1 aliphatic rings. The van der Waals surface area contributed by atoms with Crippen molar-refractivity contribution in [1.82, 2.24) is 9.44 Å². The number of halogens is 1. The number of rotatable bonds is 9. The minimum absolute atomic E-state index is 0. The van der Waals surface area contributed by atoms with Crippen molar-refractivity contribution >= 4 is 32.5 Å². The fourth-order valence-electron chi connectivity index (χ4n) is 1.98. The van der Waals surface area contributed by atoms with Gasteiger partial charge in [-0.05, 0) is 30.9 Å². The first-order chi connectivity index (χ1) is 10.3. The van der Waals surface area contributed by atoms with Crippen LogP contribution in [0.2, 0.25) is 0 Å². The van der Waals surface area contributed by atoms with Gasteiger partial charge in [-0.25, -0.2) is 26.3 Å². The van der Waals surface area contributed by atoms with Crippen LogP contribution in [0.3, 0.4) is 0 Å². The summed E-state index contributed by atoms with van der Waals surface area (Å²) < 4.78 is 52.2. The lowest BCUT2D eigenvalue weighted by Gasteiger charge is -2.12.